The van der Waals surface area contributed by atoms with Crippen LogP contribution < -0.4 is 4.90 Å². The molecule has 1 aromatic rings. The Morgan fingerprint density at radius 3 is 2.15 bits per heavy atom. The van der Waals surface area contributed by atoms with Gasteiger partial charge < -0.3 is 14.7 Å². The van der Waals surface area contributed by atoms with Crippen molar-refractivity contribution in [2.24, 2.45) is 4.99 Å². The van der Waals surface area contributed by atoms with Gasteiger partial charge in [0.05, 0.1) is 28.7 Å². The highest BCUT2D eigenvalue weighted by molar-refractivity contribution is 8.16. The number of anilines is 1. The van der Waals surface area contributed by atoms with Crippen molar-refractivity contribution >= 4 is 44.3 Å². The van der Waals surface area contributed by atoms with Crippen molar-refractivity contribution in [2.45, 2.75) is 23.6 Å². The normalized spacial score (nSPS) is 23.7. The van der Waals surface area contributed by atoms with Crippen LogP contribution in [-0.2, 0) is 36.5 Å². The number of rotatable bonds is 5. The molecule has 0 radical (unpaired) electrons. The smallest absolute Gasteiger partial charge is 0.416 e. The summed E-state index contributed by atoms with van der Waals surface area (Å²) in [7, 11) is -3.64. The summed E-state index contributed by atoms with van der Waals surface area (Å²) in [5.74, 6) is -3.40. The number of hydrogen-bond acceptors (Lipinski definition) is 6. The second kappa shape index (κ2) is 8.79. The average molecular weight is 520 g/mol. The number of aliphatic imine (C=N–C) groups is 1. The molecule has 1 amide bonds. The number of carbonyl (C=O) groups excluding carboxylic acids is 1. The first-order valence-electron chi connectivity index (χ1n) is 8.94. The van der Waals surface area contributed by atoms with E-state index in [0.29, 0.717) is 12.1 Å². The molecule has 0 aromatic heterocycles. The standard InChI is InChI=1S/C17H14F6N2O6S2/c18-16(19,20)8-1-9(17(21,22)23)3-10(2-8)25-11-6-33(29,30)7-12(11)32-15(25)24-13(26)4-31-5-14(27)28/h1-3,11-12H,4-7H2,(H,27,28). The number of benzene rings is 1. The molecule has 1 N–H and O–H groups in total. The molecule has 2 aliphatic heterocycles. The third kappa shape index (κ3) is 5.97. The molecule has 2 aliphatic rings. The fourth-order valence-corrected chi connectivity index (χ4v) is 7.24. The number of ether oxygens (including phenoxy) is 1. The van der Waals surface area contributed by atoms with Gasteiger partial charge in [0.25, 0.3) is 5.91 Å². The number of amides is 1. The highest BCUT2D eigenvalue weighted by Crippen LogP contribution is 2.44. The quantitative estimate of drug-likeness (QED) is 0.590. The molecule has 1 aromatic carbocycles. The first kappa shape index (κ1) is 25.3. The zero-order valence-electron chi connectivity index (χ0n) is 16.2. The van der Waals surface area contributed by atoms with E-state index in [9.17, 15) is 44.3 Å². The van der Waals surface area contributed by atoms with Gasteiger partial charge in [0.1, 0.15) is 13.2 Å². The van der Waals surface area contributed by atoms with Crippen molar-refractivity contribution in [1.82, 2.24) is 0 Å². The lowest BCUT2D eigenvalue weighted by molar-refractivity contribution is -0.144. The van der Waals surface area contributed by atoms with Gasteiger partial charge >= 0.3 is 18.3 Å². The monoisotopic (exact) mass is 520 g/mol. The van der Waals surface area contributed by atoms with Gasteiger partial charge in [-0.05, 0) is 18.2 Å². The van der Waals surface area contributed by atoms with E-state index in [1.165, 1.54) is 0 Å². The number of halogens is 6. The summed E-state index contributed by atoms with van der Waals surface area (Å²) in [5, 5.41) is 7.42. The summed E-state index contributed by atoms with van der Waals surface area (Å²) in [6.07, 6.45) is -10.3. The van der Waals surface area contributed by atoms with Gasteiger partial charge in [0, 0.05) is 10.9 Å². The van der Waals surface area contributed by atoms with E-state index < -0.39 is 86.9 Å². The van der Waals surface area contributed by atoms with Crippen molar-refractivity contribution in [3.05, 3.63) is 29.3 Å². The second-order valence-corrected chi connectivity index (χ2v) is 10.5. The van der Waals surface area contributed by atoms with Crippen molar-refractivity contribution < 1.29 is 54.2 Å². The molecule has 16 heteroatoms. The lowest BCUT2D eigenvalue weighted by atomic mass is 10.1. The molecular formula is C17H14F6N2O6S2. The molecule has 0 spiro atoms. The molecule has 2 unspecified atom stereocenters. The highest BCUT2D eigenvalue weighted by atomic mass is 32.2. The summed E-state index contributed by atoms with van der Waals surface area (Å²) < 4.78 is 108. The minimum absolute atomic E-state index is 0.0721. The minimum atomic E-state index is -5.14. The molecule has 0 aliphatic carbocycles. The van der Waals surface area contributed by atoms with Crippen molar-refractivity contribution in [3.63, 3.8) is 0 Å². The lowest BCUT2D eigenvalue weighted by Gasteiger charge is -2.26. The maximum absolute atomic E-state index is 13.3. The van der Waals surface area contributed by atoms with Gasteiger partial charge in [-0.2, -0.15) is 31.3 Å². The third-order valence-corrected chi connectivity index (χ3v) is 7.80. The van der Waals surface area contributed by atoms with Crippen LogP contribution in [0.2, 0.25) is 0 Å². The van der Waals surface area contributed by atoms with Crippen LogP contribution in [0, 0.1) is 0 Å². The molecule has 33 heavy (non-hydrogen) atoms. The predicted molar refractivity (Wildman–Crippen MR) is 104 cm³/mol. The van der Waals surface area contributed by atoms with Gasteiger partial charge in [0.15, 0.2) is 15.0 Å². The largest absolute Gasteiger partial charge is 0.480 e. The number of fused-ring (bicyclic) bond motifs is 1. The summed E-state index contributed by atoms with van der Waals surface area (Å²) in [4.78, 5) is 27.0. The number of amidine groups is 1. The molecule has 2 heterocycles. The highest BCUT2D eigenvalue weighted by Gasteiger charge is 2.50. The molecule has 2 saturated heterocycles. The van der Waals surface area contributed by atoms with Gasteiger partial charge in [-0.25, -0.2) is 13.2 Å². The number of thioether (sulfide) groups is 1. The number of carboxylic acids is 1. The number of nitrogens with zero attached hydrogens (tertiary/aromatic N) is 2. The molecule has 3 rings (SSSR count). The van der Waals surface area contributed by atoms with E-state index in [2.05, 4.69) is 9.73 Å². The minimum Gasteiger partial charge on any atom is -0.480 e. The first-order valence-corrected chi connectivity index (χ1v) is 11.6. The molecular weight excluding hydrogens is 506 g/mol. The summed E-state index contributed by atoms with van der Waals surface area (Å²) in [6, 6.07) is -0.290. The molecule has 2 fully saturated rings. The predicted octanol–water partition coefficient (Wildman–Crippen LogP) is 2.43. The zero-order valence-corrected chi connectivity index (χ0v) is 17.8. The van der Waals surface area contributed by atoms with Crippen LogP contribution in [-0.4, -0.2) is 66.6 Å². The van der Waals surface area contributed by atoms with E-state index in [1.807, 2.05) is 0 Å². The van der Waals surface area contributed by atoms with Crippen LogP contribution in [0.15, 0.2) is 23.2 Å². The molecule has 8 nitrogen and oxygen atoms in total. The average Bonchev–Trinajstić information content (AvgIpc) is 3.10. The van der Waals surface area contributed by atoms with E-state index in [4.69, 9.17) is 5.11 Å². The van der Waals surface area contributed by atoms with E-state index in [0.717, 1.165) is 16.7 Å². The van der Waals surface area contributed by atoms with Crippen molar-refractivity contribution in [3.8, 4) is 0 Å². The van der Waals surface area contributed by atoms with E-state index >= 15 is 0 Å². The fourth-order valence-electron chi connectivity index (χ4n) is 3.31. The Kier molecular flexibility index (Phi) is 6.74. The number of carboxylic acid groups (broad SMARTS) is 1. The van der Waals surface area contributed by atoms with Crippen LogP contribution in [0.25, 0.3) is 0 Å². The number of hydrogen-bond donors (Lipinski definition) is 1. The zero-order chi connectivity index (χ0) is 24.8. The maximum atomic E-state index is 13.3. The van der Waals surface area contributed by atoms with Gasteiger partial charge in [-0.3, -0.25) is 4.79 Å². The second-order valence-electron chi connectivity index (χ2n) is 7.11. The van der Waals surface area contributed by atoms with Crippen LogP contribution in [0.4, 0.5) is 32.0 Å². The van der Waals surface area contributed by atoms with Gasteiger partial charge in [-0.1, -0.05) is 11.8 Å². The van der Waals surface area contributed by atoms with Crippen LogP contribution in [0.3, 0.4) is 0 Å². The maximum Gasteiger partial charge on any atom is 0.416 e. The topological polar surface area (TPSA) is 113 Å². The van der Waals surface area contributed by atoms with E-state index in [1.54, 1.807) is 0 Å². The van der Waals surface area contributed by atoms with Crippen molar-refractivity contribution in [2.75, 3.05) is 29.6 Å². The molecule has 2 atom stereocenters. The van der Waals surface area contributed by atoms with Gasteiger partial charge in [-0.15, -0.1) is 0 Å². The summed E-state index contributed by atoms with van der Waals surface area (Å²) in [6.45, 7) is -1.65. The Morgan fingerprint density at radius 2 is 1.64 bits per heavy atom. The van der Waals surface area contributed by atoms with Crippen LogP contribution in [0.1, 0.15) is 11.1 Å². The molecule has 0 bridgehead atoms. The number of carbonyl (C=O) groups is 2. The number of alkyl halides is 6. The SMILES string of the molecule is O=C(O)COCC(=O)N=C1SC2CS(=O)(=O)CC2N1c1cc(C(F)(F)F)cc(C(F)(F)F)c1. The Balaban J connectivity index is 2.06. The Morgan fingerprint density at radius 1 is 1.06 bits per heavy atom. The Hall–Kier alpha value is -2.33. The summed E-state index contributed by atoms with van der Waals surface area (Å²) in [5.41, 5.74) is -3.86. The fraction of sp³-hybridized carbons (Fsp3) is 0.471. The molecule has 0 saturated carbocycles. The Labute approximate surface area is 186 Å². The summed E-state index contributed by atoms with van der Waals surface area (Å²) >= 11 is 0.723. The molecule has 182 valence electrons. The van der Waals surface area contributed by atoms with Crippen LogP contribution in [0.5, 0.6) is 0 Å². The Bertz CT molecular complexity index is 1070. The first-order chi connectivity index (χ1) is 15.1. The lowest BCUT2D eigenvalue weighted by Crippen LogP contribution is -2.38. The van der Waals surface area contributed by atoms with Gasteiger partial charge in [0.2, 0.25) is 0 Å². The number of aliphatic carboxylic acids is 1. The van der Waals surface area contributed by atoms with E-state index in [-0.39, 0.29) is 11.2 Å². The number of sulfone groups is 1. The van der Waals surface area contributed by atoms with Crippen molar-refractivity contribution in [1.29, 1.82) is 0 Å². The van der Waals surface area contributed by atoms with Crippen LogP contribution >= 0.6 is 11.8 Å². The third-order valence-electron chi connectivity index (χ3n) is 4.59.